The van der Waals surface area contributed by atoms with Crippen molar-refractivity contribution in [3.63, 3.8) is 0 Å². The third-order valence-corrected chi connectivity index (χ3v) is 5.50. The van der Waals surface area contributed by atoms with Gasteiger partial charge in [0.15, 0.2) is 0 Å². The second-order valence-electron chi connectivity index (χ2n) is 7.69. The van der Waals surface area contributed by atoms with Gasteiger partial charge >= 0.3 is 5.97 Å². The van der Waals surface area contributed by atoms with E-state index in [1.165, 1.54) is 12.1 Å². The molecule has 1 atom stereocenters. The highest BCUT2D eigenvalue weighted by Gasteiger charge is 2.13. The molecule has 6 heteroatoms. The van der Waals surface area contributed by atoms with Gasteiger partial charge in [-0.3, -0.25) is 4.79 Å². The summed E-state index contributed by atoms with van der Waals surface area (Å²) in [6.07, 6.45) is -0.914. The van der Waals surface area contributed by atoms with E-state index in [0.717, 1.165) is 22.1 Å². The largest absolute Gasteiger partial charge is 0.497 e. The zero-order valence-corrected chi connectivity index (χ0v) is 18.0. The maximum Gasteiger partial charge on any atom is 0.335 e. The first-order valence-corrected chi connectivity index (χ1v) is 10.4. The summed E-state index contributed by atoms with van der Waals surface area (Å²) in [5.41, 5.74) is 2.85. The van der Waals surface area contributed by atoms with Crippen molar-refractivity contribution in [1.29, 1.82) is 0 Å². The van der Waals surface area contributed by atoms with Crippen molar-refractivity contribution in [2.45, 2.75) is 12.6 Å². The fourth-order valence-electron chi connectivity index (χ4n) is 3.64. The van der Waals surface area contributed by atoms with Gasteiger partial charge in [0.1, 0.15) is 11.9 Å². The van der Waals surface area contributed by atoms with Crippen LogP contribution in [0, 0.1) is 0 Å². The minimum absolute atomic E-state index is 0.161. The Morgan fingerprint density at radius 2 is 1.55 bits per heavy atom. The van der Waals surface area contributed by atoms with Crippen LogP contribution in [0.5, 0.6) is 5.75 Å². The number of aliphatic hydroxyl groups is 1. The summed E-state index contributed by atoms with van der Waals surface area (Å²) in [7, 11) is 1.60. The molecule has 4 rings (SSSR count). The van der Waals surface area contributed by atoms with Crippen LogP contribution in [-0.4, -0.2) is 29.2 Å². The summed E-state index contributed by atoms with van der Waals surface area (Å²) < 4.78 is 5.21. The van der Waals surface area contributed by atoms with E-state index in [1.54, 1.807) is 31.4 Å². The van der Waals surface area contributed by atoms with Crippen molar-refractivity contribution in [3.05, 3.63) is 113 Å². The predicted octanol–water partition coefficient (Wildman–Crippen LogP) is 4.56. The Bertz CT molecular complexity index is 1310. The number of carbonyl (C=O) groups excluding carboxylic acids is 1. The minimum atomic E-state index is -1.01. The van der Waals surface area contributed by atoms with Gasteiger partial charge in [-0.25, -0.2) is 4.79 Å². The molecule has 6 nitrogen and oxygen atoms in total. The molecule has 0 aliphatic carbocycles. The molecular weight excluding hydrogens is 418 g/mol. The first-order valence-electron chi connectivity index (χ1n) is 10.4. The highest BCUT2D eigenvalue weighted by Crippen LogP contribution is 2.26. The highest BCUT2D eigenvalue weighted by atomic mass is 16.5. The smallest absolute Gasteiger partial charge is 0.335 e. The summed E-state index contributed by atoms with van der Waals surface area (Å²) in [6.45, 7) is 0.374. The van der Waals surface area contributed by atoms with Crippen molar-refractivity contribution in [2.24, 2.45) is 0 Å². The number of methoxy groups -OCH3 is 1. The number of amides is 1. The van der Waals surface area contributed by atoms with Gasteiger partial charge in [-0.1, -0.05) is 42.5 Å². The molecule has 166 valence electrons. The molecular formula is C27H23NO5. The molecule has 1 amide bonds. The number of benzene rings is 4. The van der Waals surface area contributed by atoms with Gasteiger partial charge in [-0.15, -0.1) is 0 Å². The van der Waals surface area contributed by atoms with E-state index >= 15 is 0 Å². The van der Waals surface area contributed by atoms with Gasteiger partial charge in [-0.2, -0.15) is 0 Å². The normalized spacial score (nSPS) is 11.7. The number of aromatic carboxylic acids is 1. The molecule has 0 aliphatic heterocycles. The highest BCUT2D eigenvalue weighted by molar-refractivity contribution is 5.98. The van der Waals surface area contributed by atoms with Crippen LogP contribution in [0.3, 0.4) is 0 Å². The van der Waals surface area contributed by atoms with Gasteiger partial charge in [0.25, 0.3) is 5.91 Å². The van der Waals surface area contributed by atoms with E-state index in [2.05, 4.69) is 5.32 Å². The fourth-order valence-corrected chi connectivity index (χ4v) is 3.64. The van der Waals surface area contributed by atoms with Crippen molar-refractivity contribution in [1.82, 2.24) is 5.32 Å². The Kier molecular flexibility index (Phi) is 6.38. The van der Waals surface area contributed by atoms with Crippen molar-refractivity contribution >= 4 is 22.6 Å². The lowest BCUT2D eigenvalue weighted by Gasteiger charge is -2.13. The molecule has 0 bridgehead atoms. The molecule has 0 aromatic heterocycles. The van der Waals surface area contributed by atoms with Gasteiger partial charge in [0.05, 0.1) is 12.7 Å². The monoisotopic (exact) mass is 441 g/mol. The summed E-state index contributed by atoms with van der Waals surface area (Å²) >= 11 is 0. The Labute approximate surface area is 191 Å². The van der Waals surface area contributed by atoms with Crippen LogP contribution in [0.1, 0.15) is 43.5 Å². The summed E-state index contributed by atoms with van der Waals surface area (Å²) in [6, 6.07) is 24.6. The molecule has 0 saturated carbocycles. The molecule has 4 aromatic carbocycles. The van der Waals surface area contributed by atoms with E-state index in [-0.39, 0.29) is 11.5 Å². The number of ether oxygens (including phenoxy) is 1. The number of fused-ring (bicyclic) bond motifs is 1. The number of rotatable bonds is 7. The number of hydrogen-bond acceptors (Lipinski definition) is 4. The number of aliphatic hydroxyl groups excluding tert-OH is 1. The zero-order valence-electron chi connectivity index (χ0n) is 18.0. The molecule has 0 saturated heterocycles. The molecule has 4 aromatic rings. The van der Waals surface area contributed by atoms with Crippen LogP contribution in [0.15, 0.2) is 84.9 Å². The van der Waals surface area contributed by atoms with E-state index in [0.29, 0.717) is 23.2 Å². The van der Waals surface area contributed by atoms with Gasteiger partial charge < -0.3 is 20.3 Å². The lowest BCUT2D eigenvalue weighted by Crippen LogP contribution is -2.22. The average Bonchev–Trinajstić information content (AvgIpc) is 2.86. The van der Waals surface area contributed by atoms with Gasteiger partial charge in [-0.05, 0) is 69.9 Å². The molecule has 0 heterocycles. The second kappa shape index (κ2) is 9.54. The van der Waals surface area contributed by atoms with E-state index in [9.17, 15) is 14.7 Å². The minimum Gasteiger partial charge on any atom is -0.497 e. The SMILES string of the molecule is COc1cccc(CNC(=O)c2ccc3ccc(C(O)c4ccc(C(=O)O)cc4)cc3c2)c1. The fraction of sp³-hybridized carbons (Fsp3) is 0.111. The quantitative estimate of drug-likeness (QED) is 0.391. The Hall–Kier alpha value is -4.16. The molecule has 0 radical (unpaired) electrons. The number of carboxylic acids is 1. The lowest BCUT2D eigenvalue weighted by atomic mass is 9.97. The zero-order chi connectivity index (χ0) is 23.4. The van der Waals surface area contributed by atoms with Crippen LogP contribution >= 0.6 is 0 Å². The third-order valence-electron chi connectivity index (χ3n) is 5.50. The van der Waals surface area contributed by atoms with Crippen molar-refractivity contribution in [3.8, 4) is 5.75 Å². The molecule has 0 spiro atoms. The lowest BCUT2D eigenvalue weighted by molar-refractivity contribution is 0.0696. The maximum absolute atomic E-state index is 12.7. The van der Waals surface area contributed by atoms with Crippen LogP contribution in [-0.2, 0) is 6.54 Å². The predicted molar refractivity (Wildman–Crippen MR) is 126 cm³/mol. The molecule has 0 aliphatic rings. The van der Waals surface area contributed by atoms with Crippen LogP contribution in [0.2, 0.25) is 0 Å². The first-order chi connectivity index (χ1) is 15.9. The number of carboxylic acid groups (broad SMARTS) is 1. The van der Waals surface area contributed by atoms with Crippen molar-refractivity contribution < 1.29 is 24.5 Å². The molecule has 1 unspecified atom stereocenters. The van der Waals surface area contributed by atoms with Crippen LogP contribution < -0.4 is 10.1 Å². The van der Waals surface area contributed by atoms with Gasteiger partial charge in [0, 0.05) is 12.1 Å². The summed E-state index contributed by atoms with van der Waals surface area (Å²) in [5.74, 6) is -0.481. The van der Waals surface area contributed by atoms with Gasteiger partial charge in [0.2, 0.25) is 0 Å². The van der Waals surface area contributed by atoms with E-state index < -0.39 is 12.1 Å². The Morgan fingerprint density at radius 1 is 0.848 bits per heavy atom. The molecule has 3 N–H and O–H groups in total. The van der Waals surface area contributed by atoms with Crippen LogP contribution in [0.4, 0.5) is 0 Å². The number of nitrogens with one attached hydrogen (secondary N) is 1. The Morgan fingerprint density at radius 3 is 2.27 bits per heavy atom. The molecule has 33 heavy (non-hydrogen) atoms. The van der Waals surface area contributed by atoms with E-state index in [4.69, 9.17) is 9.84 Å². The maximum atomic E-state index is 12.7. The molecule has 0 fully saturated rings. The van der Waals surface area contributed by atoms with Crippen LogP contribution in [0.25, 0.3) is 10.8 Å². The first kappa shape index (κ1) is 22.0. The summed E-state index contributed by atoms with van der Waals surface area (Å²) in [4.78, 5) is 23.7. The van der Waals surface area contributed by atoms with Crippen molar-refractivity contribution in [2.75, 3.05) is 7.11 Å². The number of hydrogen-bond donors (Lipinski definition) is 3. The Balaban J connectivity index is 1.52. The van der Waals surface area contributed by atoms with E-state index in [1.807, 2.05) is 48.5 Å². The number of carbonyl (C=O) groups is 2. The average molecular weight is 441 g/mol. The standard InChI is InChI=1S/C27H23NO5/c1-33-24-4-2-3-17(13-24)16-28-26(30)22-12-6-18-5-11-21(14-23(18)15-22)25(29)19-7-9-20(10-8-19)27(31)32/h2-15,25,29H,16H2,1H3,(H,28,30)(H,31,32). The summed E-state index contributed by atoms with van der Waals surface area (Å²) in [5, 5.41) is 24.5. The second-order valence-corrected chi connectivity index (χ2v) is 7.69. The topological polar surface area (TPSA) is 95.9 Å². The third kappa shape index (κ3) is 5.02.